The molecule has 1 aromatic rings. The average molecular weight is 234 g/mol. The first-order valence-electron chi connectivity index (χ1n) is 4.69. The van der Waals surface area contributed by atoms with Crippen LogP contribution >= 0.6 is 0 Å². The minimum Gasteiger partial charge on any atom is -0.370 e. The molecule has 0 aromatic carbocycles. The van der Waals surface area contributed by atoms with Gasteiger partial charge in [0.1, 0.15) is 5.82 Å². The van der Waals surface area contributed by atoms with Gasteiger partial charge in [-0.1, -0.05) is 0 Å². The molecular weight excluding hydrogens is 221 g/mol. The predicted molar refractivity (Wildman–Crippen MR) is 55.5 cm³/mol. The predicted octanol–water partition coefficient (Wildman–Crippen LogP) is 1.91. The summed E-state index contributed by atoms with van der Waals surface area (Å²) in [5.41, 5.74) is 0. The summed E-state index contributed by atoms with van der Waals surface area (Å²) in [6.07, 6.45) is -3.53. The number of nitrogens with one attached hydrogen (secondary N) is 1. The van der Waals surface area contributed by atoms with Gasteiger partial charge in [0, 0.05) is 26.8 Å². The van der Waals surface area contributed by atoms with Crippen molar-refractivity contribution in [1.29, 1.82) is 0 Å². The minimum atomic E-state index is -4.15. The second-order valence-corrected chi connectivity index (χ2v) is 3.43. The molecule has 0 saturated carbocycles. The number of anilines is 2. The van der Waals surface area contributed by atoms with Gasteiger partial charge in [0.15, 0.2) is 0 Å². The molecular formula is C9H13F3N4. The van der Waals surface area contributed by atoms with E-state index < -0.39 is 12.6 Å². The number of alkyl halides is 3. The highest BCUT2D eigenvalue weighted by Gasteiger charge is 2.26. The van der Waals surface area contributed by atoms with Crippen molar-refractivity contribution in [3.63, 3.8) is 0 Å². The lowest BCUT2D eigenvalue weighted by atomic mass is 10.4. The fourth-order valence-electron chi connectivity index (χ4n) is 0.995. The molecule has 1 N–H and O–H groups in total. The topological polar surface area (TPSA) is 41.1 Å². The molecule has 0 bridgehead atoms. The molecule has 0 aliphatic carbocycles. The zero-order valence-corrected chi connectivity index (χ0v) is 9.04. The van der Waals surface area contributed by atoms with Crippen LogP contribution in [0, 0.1) is 0 Å². The molecule has 0 radical (unpaired) electrons. The Labute approximate surface area is 91.5 Å². The van der Waals surface area contributed by atoms with Gasteiger partial charge in [0.2, 0.25) is 5.95 Å². The first-order chi connectivity index (χ1) is 7.38. The molecule has 0 amide bonds. The van der Waals surface area contributed by atoms with Crippen LogP contribution in [-0.4, -0.2) is 36.8 Å². The Hall–Kier alpha value is -1.53. The third-order valence-electron chi connectivity index (χ3n) is 1.76. The van der Waals surface area contributed by atoms with Crippen LogP contribution in [0.4, 0.5) is 24.9 Å². The Morgan fingerprint density at radius 3 is 2.62 bits per heavy atom. The fourth-order valence-corrected chi connectivity index (χ4v) is 0.995. The molecule has 90 valence electrons. The molecule has 1 heterocycles. The van der Waals surface area contributed by atoms with Crippen molar-refractivity contribution in [2.45, 2.75) is 12.6 Å². The lowest BCUT2D eigenvalue weighted by molar-refractivity contribution is -0.131. The molecule has 0 saturated heterocycles. The van der Waals surface area contributed by atoms with E-state index in [4.69, 9.17) is 0 Å². The van der Waals surface area contributed by atoms with Crippen LogP contribution in [0.3, 0.4) is 0 Å². The van der Waals surface area contributed by atoms with Gasteiger partial charge in [0.05, 0.1) is 6.42 Å². The van der Waals surface area contributed by atoms with Crippen LogP contribution in [0.1, 0.15) is 6.42 Å². The molecule has 1 aromatic heterocycles. The van der Waals surface area contributed by atoms with Crippen molar-refractivity contribution >= 4 is 11.8 Å². The maximum absolute atomic E-state index is 11.9. The maximum atomic E-state index is 11.9. The summed E-state index contributed by atoms with van der Waals surface area (Å²) in [6, 6.07) is 1.53. The summed E-state index contributed by atoms with van der Waals surface area (Å²) in [6.45, 7) is -0.187. The lowest BCUT2D eigenvalue weighted by Gasteiger charge is -2.12. The summed E-state index contributed by atoms with van der Waals surface area (Å²) < 4.78 is 35.7. The Kier molecular flexibility index (Phi) is 3.92. The highest BCUT2D eigenvalue weighted by atomic mass is 19.4. The van der Waals surface area contributed by atoms with Crippen molar-refractivity contribution in [3.05, 3.63) is 12.3 Å². The number of halogens is 3. The van der Waals surface area contributed by atoms with Gasteiger partial charge < -0.3 is 10.2 Å². The normalized spacial score (nSPS) is 11.3. The van der Waals surface area contributed by atoms with Crippen molar-refractivity contribution in [3.8, 4) is 0 Å². The van der Waals surface area contributed by atoms with Crippen LogP contribution in [0.5, 0.6) is 0 Å². The smallest absolute Gasteiger partial charge is 0.370 e. The summed E-state index contributed by atoms with van der Waals surface area (Å²) in [7, 11) is 3.52. The van der Waals surface area contributed by atoms with E-state index in [2.05, 4.69) is 15.3 Å². The molecule has 7 heteroatoms. The SMILES string of the molecule is CN(C)c1nccc(NCCC(F)(F)F)n1. The maximum Gasteiger partial charge on any atom is 0.390 e. The van der Waals surface area contributed by atoms with Crippen molar-refractivity contribution in [2.24, 2.45) is 0 Å². The van der Waals surface area contributed by atoms with Gasteiger partial charge in [-0.3, -0.25) is 0 Å². The largest absolute Gasteiger partial charge is 0.390 e. The quantitative estimate of drug-likeness (QED) is 0.864. The Morgan fingerprint density at radius 1 is 1.38 bits per heavy atom. The van der Waals surface area contributed by atoms with E-state index in [-0.39, 0.29) is 6.54 Å². The number of rotatable bonds is 4. The van der Waals surface area contributed by atoms with Crippen LogP contribution in [0.2, 0.25) is 0 Å². The molecule has 0 fully saturated rings. The number of hydrogen-bond acceptors (Lipinski definition) is 4. The van der Waals surface area contributed by atoms with E-state index in [0.717, 1.165) is 0 Å². The molecule has 1 rings (SSSR count). The minimum absolute atomic E-state index is 0.187. The van der Waals surface area contributed by atoms with Crippen LogP contribution in [-0.2, 0) is 0 Å². The zero-order valence-electron chi connectivity index (χ0n) is 9.04. The van der Waals surface area contributed by atoms with E-state index in [0.29, 0.717) is 11.8 Å². The second kappa shape index (κ2) is 5.00. The standard InChI is InChI=1S/C9H13F3N4/c1-16(2)8-14-5-3-7(15-8)13-6-4-9(10,11)12/h3,5H,4,6H2,1-2H3,(H,13,14,15). The molecule has 0 unspecified atom stereocenters. The zero-order chi connectivity index (χ0) is 12.2. The van der Waals surface area contributed by atoms with Gasteiger partial charge in [-0.25, -0.2) is 4.98 Å². The van der Waals surface area contributed by atoms with E-state index in [1.54, 1.807) is 19.0 Å². The third kappa shape index (κ3) is 4.33. The third-order valence-corrected chi connectivity index (χ3v) is 1.76. The highest BCUT2D eigenvalue weighted by Crippen LogP contribution is 2.19. The summed E-state index contributed by atoms with van der Waals surface area (Å²) in [5.74, 6) is 0.847. The first kappa shape index (κ1) is 12.5. The number of hydrogen-bond donors (Lipinski definition) is 1. The Morgan fingerprint density at radius 2 is 2.06 bits per heavy atom. The van der Waals surface area contributed by atoms with E-state index >= 15 is 0 Å². The molecule has 16 heavy (non-hydrogen) atoms. The highest BCUT2D eigenvalue weighted by molar-refractivity contribution is 5.40. The molecule has 0 aliphatic heterocycles. The number of aromatic nitrogens is 2. The van der Waals surface area contributed by atoms with Crippen molar-refractivity contribution in [1.82, 2.24) is 9.97 Å². The van der Waals surface area contributed by atoms with Crippen molar-refractivity contribution in [2.75, 3.05) is 30.9 Å². The summed E-state index contributed by atoms with van der Waals surface area (Å²) in [4.78, 5) is 9.65. The number of nitrogens with zero attached hydrogens (tertiary/aromatic N) is 3. The van der Waals surface area contributed by atoms with Gasteiger partial charge in [-0.2, -0.15) is 18.2 Å². The van der Waals surface area contributed by atoms with Gasteiger partial charge in [-0.05, 0) is 6.07 Å². The second-order valence-electron chi connectivity index (χ2n) is 3.43. The van der Waals surface area contributed by atoms with E-state index in [9.17, 15) is 13.2 Å². The van der Waals surface area contributed by atoms with Crippen LogP contribution in [0.15, 0.2) is 12.3 Å². The van der Waals surface area contributed by atoms with Gasteiger partial charge >= 0.3 is 6.18 Å². The summed E-state index contributed by atoms with van der Waals surface area (Å²) in [5, 5.41) is 2.60. The molecule has 0 spiro atoms. The lowest BCUT2D eigenvalue weighted by Crippen LogP contribution is -2.17. The monoisotopic (exact) mass is 234 g/mol. The summed E-state index contributed by atoms with van der Waals surface area (Å²) >= 11 is 0. The van der Waals surface area contributed by atoms with Crippen molar-refractivity contribution < 1.29 is 13.2 Å². The average Bonchev–Trinajstić information content (AvgIpc) is 2.16. The molecule has 4 nitrogen and oxygen atoms in total. The van der Waals surface area contributed by atoms with Crippen LogP contribution < -0.4 is 10.2 Å². The molecule has 0 aliphatic rings. The van der Waals surface area contributed by atoms with Gasteiger partial charge in [-0.15, -0.1) is 0 Å². The van der Waals surface area contributed by atoms with Crippen LogP contribution in [0.25, 0.3) is 0 Å². The van der Waals surface area contributed by atoms with Gasteiger partial charge in [0.25, 0.3) is 0 Å². The fraction of sp³-hybridized carbons (Fsp3) is 0.556. The Balaban J connectivity index is 2.51. The van der Waals surface area contributed by atoms with E-state index in [1.165, 1.54) is 12.3 Å². The Bertz CT molecular complexity index is 338. The molecule has 0 atom stereocenters. The first-order valence-corrected chi connectivity index (χ1v) is 4.69. The van der Waals surface area contributed by atoms with E-state index in [1.807, 2.05) is 0 Å².